The zero-order valence-electron chi connectivity index (χ0n) is 11.0. The van der Waals surface area contributed by atoms with Crippen molar-refractivity contribution >= 4 is 27.6 Å². The summed E-state index contributed by atoms with van der Waals surface area (Å²) < 4.78 is 25.3. The van der Waals surface area contributed by atoms with Crippen LogP contribution < -0.4 is 0 Å². The number of ketones is 2. The maximum absolute atomic E-state index is 12.4. The summed E-state index contributed by atoms with van der Waals surface area (Å²) in [5.41, 5.74) is -0.376. The minimum absolute atomic E-state index is 0.0858. The number of carboxylic acid groups (broad SMARTS) is 1. The van der Waals surface area contributed by atoms with E-state index in [0.29, 0.717) is 4.09 Å². The quantitative estimate of drug-likeness (QED) is 0.462. The molecule has 0 saturated carbocycles. The molecular weight excluding hydrogens is 312 g/mol. The Morgan fingerprint density at radius 2 is 1.73 bits per heavy atom. The lowest BCUT2D eigenvalue weighted by atomic mass is 10.1. The number of hydrogen-bond donors (Lipinski definition) is 1. The first kappa shape index (κ1) is 15.6. The van der Waals surface area contributed by atoms with Crippen molar-refractivity contribution in [3.63, 3.8) is 0 Å². The highest BCUT2D eigenvalue weighted by atomic mass is 32.2. The van der Waals surface area contributed by atoms with Crippen LogP contribution in [0.1, 0.15) is 16.9 Å². The molecule has 1 aromatic heterocycles. The van der Waals surface area contributed by atoms with Crippen LogP contribution in [0.3, 0.4) is 0 Å². The van der Waals surface area contributed by atoms with Gasteiger partial charge in [-0.05, 0) is 18.2 Å². The third-order valence-electron chi connectivity index (χ3n) is 2.72. The van der Waals surface area contributed by atoms with Gasteiger partial charge in [0.25, 0.3) is 10.0 Å². The molecule has 1 aromatic carbocycles. The van der Waals surface area contributed by atoms with Crippen molar-refractivity contribution in [2.24, 2.45) is 0 Å². The van der Waals surface area contributed by atoms with Crippen LogP contribution in [-0.2, 0) is 19.6 Å². The van der Waals surface area contributed by atoms with Gasteiger partial charge in [0.2, 0.25) is 5.78 Å². The molecule has 0 spiro atoms. The van der Waals surface area contributed by atoms with Gasteiger partial charge in [-0.2, -0.15) is 17.6 Å². The molecule has 22 heavy (non-hydrogen) atoms. The van der Waals surface area contributed by atoms with E-state index in [2.05, 4.69) is 5.10 Å². The minimum Gasteiger partial charge on any atom is -0.475 e. The van der Waals surface area contributed by atoms with Gasteiger partial charge in [0.05, 0.1) is 17.5 Å². The summed E-state index contributed by atoms with van der Waals surface area (Å²) in [4.78, 5) is 33.4. The number of carbonyl (C=O) groups is 3. The summed E-state index contributed by atoms with van der Waals surface area (Å²) in [5.74, 6) is -4.02. The molecule has 0 radical (unpaired) electrons. The van der Waals surface area contributed by atoms with Crippen LogP contribution in [0.15, 0.2) is 47.5 Å². The zero-order valence-corrected chi connectivity index (χ0v) is 11.9. The third kappa shape index (κ3) is 2.93. The van der Waals surface area contributed by atoms with E-state index in [4.69, 9.17) is 5.11 Å². The van der Waals surface area contributed by atoms with E-state index in [1.807, 2.05) is 0 Å². The van der Waals surface area contributed by atoms with Gasteiger partial charge in [-0.1, -0.05) is 18.2 Å². The Morgan fingerprint density at radius 1 is 1.09 bits per heavy atom. The van der Waals surface area contributed by atoms with E-state index < -0.39 is 34.0 Å². The second-order valence-electron chi connectivity index (χ2n) is 4.21. The van der Waals surface area contributed by atoms with Gasteiger partial charge >= 0.3 is 5.97 Å². The van der Waals surface area contributed by atoms with Gasteiger partial charge < -0.3 is 5.11 Å². The van der Waals surface area contributed by atoms with E-state index in [0.717, 1.165) is 12.3 Å². The second-order valence-corrected chi connectivity index (χ2v) is 5.97. The molecule has 1 heterocycles. The number of nitrogens with zero attached hydrogens (tertiary/aromatic N) is 2. The van der Waals surface area contributed by atoms with E-state index in [1.165, 1.54) is 24.3 Å². The van der Waals surface area contributed by atoms with Crippen LogP contribution in [0.2, 0.25) is 0 Å². The van der Waals surface area contributed by atoms with Crippen molar-refractivity contribution in [1.29, 1.82) is 0 Å². The summed E-state index contributed by atoms with van der Waals surface area (Å²) in [5, 5.41) is 12.1. The van der Waals surface area contributed by atoms with Crippen molar-refractivity contribution in [2.75, 3.05) is 0 Å². The molecule has 0 fully saturated rings. The summed E-state index contributed by atoms with van der Waals surface area (Å²) in [6.07, 6.45) is 0.143. The maximum atomic E-state index is 12.4. The van der Waals surface area contributed by atoms with E-state index in [9.17, 15) is 22.8 Å². The number of aromatic nitrogens is 2. The normalized spacial score (nSPS) is 11.1. The number of aliphatic carboxylic acids is 1. The van der Waals surface area contributed by atoms with Crippen LogP contribution >= 0.6 is 0 Å². The summed E-state index contributed by atoms with van der Waals surface area (Å²) in [7, 11) is -4.10. The lowest BCUT2D eigenvalue weighted by Crippen LogP contribution is -2.23. The van der Waals surface area contributed by atoms with Crippen molar-refractivity contribution in [1.82, 2.24) is 9.19 Å². The van der Waals surface area contributed by atoms with Crippen molar-refractivity contribution in [3.05, 3.63) is 48.3 Å². The van der Waals surface area contributed by atoms with Crippen molar-refractivity contribution < 1.29 is 27.9 Å². The number of benzene rings is 1. The second kappa shape index (κ2) is 5.90. The largest absolute Gasteiger partial charge is 0.475 e. The van der Waals surface area contributed by atoms with Crippen LogP contribution in [-0.4, -0.2) is 40.2 Å². The number of carboxylic acids is 1. The van der Waals surface area contributed by atoms with Crippen LogP contribution in [0.4, 0.5) is 0 Å². The zero-order chi connectivity index (χ0) is 16.3. The molecule has 0 aliphatic rings. The molecule has 0 unspecified atom stereocenters. The highest BCUT2D eigenvalue weighted by Gasteiger charge is 2.26. The fourth-order valence-electron chi connectivity index (χ4n) is 1.69. The summed E-state index contributed by atoms with van der Waals surface area (Å²) >= 11 is 0. The Labute approximate surface area is 125 Å². The van der Waals surface area contributed by atoms with Crippen LogP contribution in [0, 0.1) is 0 Å². The van der Waals surface area contributed by atoms with E-state index in [-0.39, 0.29) is 10.6 Å². The first-order valence-electron chi connectivity index (χ1n) is 5.98. The lowest BCUT2D eigenvalue weighted by Gasteiger charge is -2.07. The standard InChI is InChI=1S/C13H10N2O6S/c16-11(8-12(17)13(18)19)10-6-7-14-15(10)22(20,21)9-4-2-1-3-5-9/h1-7H,8H2,(H,18,19). The molecule has 0 aliphatic carbocycles. The first-order valence-corrected chi connectivity index (χ1v) is 7.42. The maximum Gasteiger partial charge on any atom is 0.372 e. The highest BCUT2D eigenvalue weighted by Crippen LogP contribution is 2.15. The van der Waals surface area contributed by atoms with Gasteiger partial charge in [0.1, 0.15) is 5.69 Å². The Morgan fingerprint density at radius 3 is 2.32 bits per heavy atom. The topological polar surface area (TPSA) is 123 Å². The van der Waals surface area contributed by atoms with Gasteiger partial charge in [0.15, 0.2) is 5.78 Å². The molecule has 0 atom stereocenters. The smallest absolute Gasteiger partial charge is 0.372 e. The monoisotopic (exact) mass is 322 g/mol. The fourth-order valence-corrected chi connectivity index (χ4v) is 2.99. The minimum atomic E-state index is -4.10. The molecule has 0 saturated heterocycles. The molecule has 8 nitrogen and oxygen atoms in total. The average Bonchev–Trinajstić information content (AvgIpc) is 2.98. The molecule has 1 N–H and O–H groups in total. The van der Waals surface area contributed by atoms with E-state index in [1.54, 1.807) is 6.07 Å². The predicted octanol–water partition coefficient (Wildman–Crippen LogP) is 0.347. The molecule has 0 aliphatic heterocycles. The molecular formula is C13H10N2O6S. The first-order chi connectivity index (χ1) is 10.3. The van der Waals surface area contributed by atoms with Crippen molar-refractivity contribution in [3.8, 4) is 0 Å². The summed E-state index contributed by atoms with van der Waals surface area (Å²) in [6, 6.07) is 8.40. The summed E-state index contributed by atoms with van der Waals surface area (Å²) in [6.45, 7) is 0. The highest BCUT2D eigenvalue weighted by molar-refractivity contribution is 7.89. The molecule has 114 valence electrons. The Bertz CT molecular complexity index is 838. The Kier molecular flexibility index (Phi) is 4.18. The van der Waals surface area contributed by atoms with Crippen molar-refractivity contribution in [2.45, 2.75) is 11.3 Å². The SMILES string of the molecule is O=C(O)C(=O)CC(=O)c1ccnn1S(=O)(=O)c1ccccc1. The Hall–Kier alpha value is -2.81. The van der Waals surface area contributed by atoms with Gasteiger partial charge in [0, 0.05) is 0 Å². The number of rotatable bonds is 6. The predicted molar refractivity (Wildman–Crippen MR) is 72.8 cm³/mol. The van der Waals surface area contributed by atoms with Crippen LogP contribution in [0.25, 0.3) is 0 Å². The third-order valence-corrected chi connectivity index (χ3v) is 4.34. The van der Waals surface area contributed by atoms with Gasteiger partial charge in [-0.25, -0.2) is 4.79 Å². The fraction of sp³-hybridized carbons (Fsp3) is 0.0769. The molecule has 2 rings (SSSR count). The lowest BCUT2D eigenvalue weighted by molar-refractivity contribution is -0.148. The molecule has 9 heteroatoms. The number of hydrogen-bond acceptors (Lipinski definition) is 6. The average molecular weight is 322 g/mol. The van der Waals surface area contributed by atoms with Gasteiger partial charge in [-0.3, -0.25) is 9.59 Å². The number of carbonyl (C=O) groups excluding carboxylic acids is 2. The molecule has 0 amide bonds. The number of Topliss-reactive ketones (excluding diaryl/α,β-unsaturated/α-hetero) is 2. The van der Waals surface area contributed by atoms with Crippen LogP contribution in [0.5, 0.6) is 0 Å². The molecule has 0 bridgehead atoms. The molecule has 2 aromatic rings. The van der Waals surface area contributed by atoms with Gasteiger partial charge in [-0.15, -0.1) is 0 Å². The van der Waals surface area contributed by atoms with E-state index >= 15 is 0 Å². The Balaban J connectivity index is 2.40.